The van der Waals surface area contributed by atoms with Crippen LogP contribution in [-0.2, 0) is 9.53 Å². The van der Waals surface area contributed by atoms with Crippen molar-refractivity contribution in [3.63, 3.8) is 0 Å². The number of benzene rings is 1. The summed E-state index contributed by atoms with van der Waals surface area (Å²) in [6, 6.07) is 5.62. The van der Waals surface area contributed by atoms with Gasteiger partial charge in [-0.2, -0.15) is 0 Å². The highest BCUT2D eigenvalue weighted by Gasteiger charge is 2.08. The van der Waals surface area contributed by atoms with Gasteiger partial charge in [0.2, 0.25) is 0 Å². The molecule has 5 heteroatoms. The van der Waals surface area contributed by atoms with Crippen molar-refractivity contribution >= 4 is 12.0 Å². The number of esters is 1. The highest BCUT2D eigenvalue weighted by molar-refractivity contribution is 5.87. The van der Waals surface area contributed by atoms with Gasteiger partial charge in [0.25, 0.3) is 0 Å². The first kappa shape index (κ1) is 22.0. The normalized spacial score (nSPS) is 11.6. The van der Waals surface area contributed by atoms with E-state index in [1.807, 2.05) is 25.1 Å². The van der Waals surface area contributed by atoms with Gasteiger partial charge in [0.15, 0.2) is 11.5 Å². The molecule has 0 bridgehead atoms. The van der Waals surface area contributed by atoms with Crippen LogP contribution < -0.4 is 14.8 Å². The van der Waals surface area contributed by atoms with Gasteiger partial charge >= 0.3 is 5.97 Å². The number of ether oxygens (including phenoxy) is 3. The van der Waals surface area contributed by atoms with E-state index in [4.69, 9.17) is 14.2 Å². The van der Waals surface area contributed by atoms with E-state index in [0.717, 1.165) is 30.7 Å². The minimum atomic E-state index is -0.343. The molecule has 0 aliphatic carbocycles. The van der Waals surface area contributed by atoms with E-state index in [9.17, 15) is 4.79 Å². The summed E-state index contributed by atoms with van der Waals surface area (Å²) in [5.74, 6) is 1.06. The van der Waals surface area contributed by atoms with Crippen molar-refractivity contribution in [3.05, 3.63) is 29.8 Å². The number of hydrogen-bond acceptors (Lipinski definition) is 5. The van der Waals surface area contributed by atoms with Crippen LogP contribution in [0.4, 0.5) is 0 Å². The standard InChI is InChI=1S/C21H33NO4/c1-6-14-25-18-11-9-17(16-19(18)24-7-2)10-12-20(23)26-15-8-13-22-21(3,4)5/h9-12,16,22H,6-8,13-15H2,1-5H3/b12-10+. The van der Waals surface area contributed by atoms with Crippen molar-refractivity contribution in [2.45, 2.75) is 53.0 Å². The molecule has 0 aromatic heterocycles. The molecule has 0 aliphatic heterocycles. The van der Waals surface area contributed by atoms with E-state index in [2.05, 4.69) is 33.0 Å². The fraction of sp³-hybridized carbons (Fsp3) is 0.571. The Morgan fingerprint density at radius 2 is 1.88 bits per heavy atom. The molecule has 5 nitrogen and oxygen atoms in total. The quantitative estimate of drug-likeness (QED) is 0.363. The van der Waals surface area contributed by atoms with Crippen LogP contribution in [0.3, 0.4) is 0 Å². The highest BCUT2D eigenvalue weighted by atomic mass is 16.5. The molecule has 1 N–H and O–H groups in total. The van der Waals surface area contributed by atoms with E-state index < -0.39 is 0 Å². The Bertz CT molecular complexity index is 576. The second-order valence-corrected chi connectivity index (χ2v) is 7.02. The first-order valence-electron chi connectivity index (χ1n) is 9.35. The Hall–Kier alpha value is -2.01. The third kappa shape index (κ3) is 9.47. The molecule has 146 valence electrons. The van der Waals surface area contributed by atoms with E-state index in [1.54, 1.807) is 6.08 Å². The predicted molar refractivity (Wildman–Crippen MR) is 106 cm³/mol. The molecule has 1 rings (SSSR count). The second kappa shape index (κ2) is 11.6. The molecular formula is C21H33NO4. The van der Waals surface area contributed by atoms with Crippen LogP contribution >= 0.6 is 0 Å². The molecule has 0 heterocycles. The fourth-order valence-electron chi connectivity index (χ4n) is 2.15. The Kier molecular flexibility index (Phi) is 9.81. The van der Waals surface area contributed by atoms with Gasteiger partial charge in [0.1, 0.15) is 0 Å². The van der Waals surface area contributed by atoms with Gasteiger partial charge < -0.3 is 19.5 Å². The molecule has 0 unspecified atom stereocenters. The van der Waals surface area contributed by atoms with E-state index in [1.165, 1.54) is 6.08 Å². The van der Waals surface area contributed by atoms with Gasteiger partial charge in [0.05, 0.1) is 19.8 Å². The number of rotatable bonds is 11. The molecule has 0 radical (unpaired) electrons. The second-order valence-electron chi connectivity index (χ2n) is 7.02. The molecule has 0 atom stereocenters. The molecule has 0 saturated heterocycles. The van der Waals surface area contributed by atoms with Crippen LogP contribution in [0.5, 0.6) is 11.5 Å². The smallest absolute Gasteiger partial charge is 0.330 e. The molecule has 0 aliphatic rings. The molecule has 0 saturated carbocycles. The Labute approximate surface area is 157 Å². The summed E-state index contributed by atoms with van der Waals surface area (Å²) in [6.07, 6.45) is 4.88. The van der Waals surface area contributed by atoms with E-state index in [0.29, 0.717) is 25.6 Å². The van der Waals surface area contributed by atoms with Crippen molar-refractivity contribution in [3.8, 4) is 11.5 Å². The van der Waals surface area contributed by atoms with Crippen LogP contribution in [-0.4, -0.2) is 37.9 Å². The van der Waals surface area contributed by atoms with Crippen molar-refractivity contribution < 1.29 is 19.0 Å². The summed E-state index contributed by atoms with van der Waals surface area (Å²) in [5, 5.41) is 3.36. The highest BCUT2D eigenvalue weighted by Crippen LogP contribution is 2.29. The van der Waals surface area contributed by atoms with Crippen LogP contribution in [0, 0.1) is 0 Å². The number of carbonyl (C=O) groups excluding carboxylic acids is 1. The molecule has 1 aromatic rings. The lowest BCUT2D eigenvalue weighted by Crippen LogP contribution is -2.36. The van der Waals surface area contributed by atoms with Crippen LogP contribution in [0.2, 0.25) is 0 Å². The number of nitrogens with one attached hydrogen (secondary N) is 1. The molecule has 26 heavy (non-hydrogen) atoms. The first-order valence-corrected chi connectivity index (χ1v) is 9.35. The third-order valence-corrected chi connectivity index (χ3v) is 3.36. The lowest BCUT2D eigenvalue weighted by molar-refractivity contribution is -0.137. The molecule has 1 aromatic carbocycles. The monoisotopic (exact) mass is 363 g/mol. The predicted octanol–water partition coefficient (Wildman–Crippen LogP) is 4.21. The summed E-state index contributed by atoms with van der Waals surface area (Å²) >= 11 is 0. The summed E-state index contributed by atoms with van der Waals surface area (Å²) < 4.78 is 16.5. The summed E-state index contributed by atoms with van der Waals surface area (Å²) in [5.41, 5.74) is 0.943. The Morgan fingerprint density at radius 3 is 2.54 bits per heavy atom. The average molecular weight is 363 g/mol. The van der Waals surface area contributed by atoms with Crippen molar-refractivity contribution in [1.29, 1.82) is 0 Å². The van der Waals surface area contributed by atoms with Gasteiger partial charge in [-0.3, -0.25) is 0 Å². The van der Waals surface area contributed by atoms with Crippen LogP contribution in [0.25, 0.3) is 6.08 Å². The van der Waals surface area contributed by atoms with Crippen molar-refractivity contribution in [2.75, 3.05) is 26.4 Å². The molecule has 0 spiro atoms. The zero-order valence-corrected chi connectivity index (χ0v) is 16.8. The third-order valence-electron chi connectivity index (χ3n) is 3.36. The number of hydrogen-bond donors (Lipinski definition) is 1. The zero-order valence-electron chi connectivity index (χ0n) is 16.8. The first-order chi connectivity index (χ1) is 12.4. The van der Waals surface area contributed by atoms with Crippen LogP contribution in [0.15, 0.2) is 24.3 Å². The summed E-state index contributed by atoms with van der Waals surface area (Å²) in [6.45, 7) is 12.7. The zero-order chi connectivity index (χ0) is 19.4. The van der Waals surface area contributed by atoms with Gasteiger partial charge in [-0.15, -0.1) is 0 Å². The maximum Gasteiger partial charge on any atom is 0.330 e. The van der Waals surface area contributed by atoms with E-state index >= 15 is 0 Å². The Balaban J connectivity index is 2.50. The number of carbonyl (C=O) groups is 1. The maximum absolute atomic E-state index is 11.8. The van der Waals surface area contributed by atoms with Gasteiger partial charge in [-0.05, 0) is 70.9 Å². The van der Waals surface area contributed by atoms with Gasteiger partial charge in [-0.1, -0.05) is 13.0 Å². The van der Waals surface area contributed by atoms with Crippen LogP contribution in [0.1, 0.15) is 53.0 Å². The lowest BCUT2D eigenvalue weighted by atomic mass is 10.1. The minimum absolute atomic E-state index is 0.0786. The summed E-state index contributed by atoms with van der Waals surface area (Å²) in [7, 11) is 0. The molecular weight excluding hydrogens is 330 g/mol. The summed E-state index contributed by atoms with van der Waals surface area (Å²) in [4.78, 5) is 11.8. The van der Waals surface area contributed by atoms with Crippen molar-refractivity contribution in [2.24, 2.45) is 0 Å². The molecule has 0 fully saturated rings. The van der Waals surface area contributed by atoms with Gasteiger partial charge in [0, 0.05) is 11.6 Å². The van der Waals surface area contributed by atoms with Gasteiger partial charge in [-0.25, -0.2) is 4.79 Å². The molecule has 0 amide bonds. The largest absolute Gasteiger partial charge is 0.490 e. The average Bonchev–Trinajstić information content (AvgIpc) is 2.58. The topological polar surface area (TPSA) is 56.8 Å². The van der Waals surface area contributed by atoms with E-state index in [-0.39, 0.29) is 11.5 Å². The SMILES string of the molecule is CCCOc1ccc(/C=C/C(=O)OCCCNC(C)(C)C)cc1OCC. The van der Waals surface area contributed by atoms with Crippen molar-refractivity contribution in [1.82, 2.24) is 5.32 Å². The maximum atomic E-state index is 11.8. The lowest BCUT2D eigenvalue weighted by Gasteiger charge is -2.20. The minimum Gasteiger partial charge on any atom is -0.490 e. The fourth-order valence-corrected chi connectivity index (χ4v) is 2.15. The Morgan fingerprint density at radius 1 is 1.12 bits per heavy atom.